The van der Waals surface area contributed by atoms with Gasteiger partial charge in [0.2, 0.25) is 12.7 Å². The number of piperazine rings is 1. The molecule has 1 aliphatic carbocycles. The SMILES string of the molecule is O=C(CC1CC1)N1CCC[C@H](N2CCN(Cc3ccc4c(c3)OCO4)CC2)C1. The van der Waals surface area contributed by atoms with Crippen LogP contribution in [0.5, 0.6) is 11.5 Å². The molecule has 3 fully saturated rings. The molecule has 28 heavy (non-hydrogen) atoms. The second-order valence-electron chi connectivity index (χ2n) is 8.78. The van der Waals surface area contributed by atoms with Crippen molar-refractivity contribution in [2.24, 2.45) is 5.92 Å². The summed E-state index contributed by atoms with van der Waals surface area (Å²) in [5.41, 5.74) is 1.28. The standard InChI is InChI=1S/C22H31N3O3/c26-22(13-17-3-4-17)25-7-1-2-19(15-25)24-10-8-23(9-11-24)14-18-5-6-20-21(12-18)28-16-27-20/h5-6,12,17,19H,1-4,7-11,13-16H2/t19-/m0/s1. The van der Waals surface area contributed by atoms with Gasteiger partial charge in [-0.05, 0) is 49.3 Å². The van der Waals surface area contributed by atoms with Crippen molar-refractivity contribution in [2.75, 3.05) is 46.1 Å². The summed E-state index contributed by atoms with van der Waals surface area (Å²) in [6.07, 6.45) is 5.69. The van der Waals surface area contributed by atoms with Gasteiger partial charge in [0, 0.05) is 58.3 Å². The van der Waals surface area contributed by atoms with Crippen LogP contribution in [0.4, 0.5) is 0 Å². The number of amides is 1. The lowest BCUT2D eigenvalue weighted by molar-refractivity contribution is -0.134. The van der Waals surface area contributed by atoms with Crippen LogP contribution in [0.25, 0.3) is 0 Å². The molecule has 6 heteroatoms. The predicted octanol–water partition coefficient (Wildman–Crippen LogP) is 2.32. The Kier molecular flexibility index (Phi) is 5.16. The number of hydrogen-bond acceptors (Lipinski definition) is 5. The molecule has 152 valence electrons. The fraction of sp³-hybridized carbons (Fsp3) is 0.682. The van der Waals surface area contributed by atoms with Gasteiger partial charge in [-0.3, -0.25) is 14.6 Å². The highest BCUT2D eigenvalue weighted by Gasteiger charge is 2.32. The van der Waals surface area contributed by atoms with Crippen molar-refractivity contribution < 1.29 is 14.3 Å². The lowest BCUT2D eigenvalue weighted by Crippen LogP contribution is -2.55. The van der Waals surface area contributed by atoms with Gasteiger partial charge >= 0.3 is 0 Å². The molecule has 0 bridgehead atoms. The lowest BCUT2D eigenvalue weighted by atomic mass is 10.0. The molecule has 4 aliphatic rings. The van der Waals surface area contributed by atoms with Gasteiger partial charge in [-0.1, -0.05) is 6.07 Å². The van der Waals surface area contributed by atoms with Crippen molar-refractivity contribution in [3.8, 4) is 11.5 Å². The summed E-state index contributed by atoms with van der Waals surface area (Å²) in [5.74, 6) is 2.81. The molecule has 6 nitrogen and oxygen atoms in total. The molecule has 0 radical (unpaired) electrons. The van der Waals surface area contributed by atoms with Crippen LogP contribution < -0.4 is 9.47 Å². The summed E-state index contributed by atoms with van der Waals surface area (Å²) in [7, 11) is 0. The topological polar surface area (TPSA) is 45.3 Å². The Hall–Kier alpha value is -1.79. The van der Waals surface area contributed by atoms with Gasteiger partial charge in [0.25, 0.3) is 0 Å². The normalized spacial score (nSPS) is 25.9. The number of fused-ring (bicyclic) bond motifs is 1. The number of piperidine rings is 1. The second-order valence-corrected chi connectivity index (χ2v) is 8.78. The van der Waals surface area contributed by atoms with E-state index in [1.165, 1.54) is 24.8 Å². The number of rotatable bonds is 5. The van der Waals surface area contributed by atoms with Gasteiger partial charge in [0.15, 0.2) is 11.5 Å². The van der Waals surface area contributed by atoms with Crippen LogP contribution in [0.15, 0.2) is 18.2 Å². The number of ether oxygens (including phenoxy) is 2. The van der Waals surface area contributed by atoms with Crippen molar-refractivity contribution in [1.82, 2.24) is 14.7 Å². The zero-order chi connectivity index (χ0) is 18.9. The Morgan fingerprint density at radius 1 is 1.00 bits per heavy atom. The van der Waals surface area contributed by atoms with Crippen LogP contribution in [-0.2, 0) is 11.3 Å². The van der Waals surface area contributed by atoms with E-state index in [9.17, 15) is 4.79 Å². The average Bonchev–Trinajstić information content (AvgIpc) is 3.42. The summed E-state index contributed by atoms with van der Waals surface area (Å²) >= 11 is 0. The maximum absolute atomic E-state index is 12.5. The summed E-state index contributed by atoms with van der Waals surface area (Å²) in [6, 6.07) is 6.82. The summed E-state index contributed by atoms with van der Waals surface area (Å²) in [4.78, 5) is 19.8. The van der Waals surface area contributed by atoms with Crippen molar-refractivity contribution >= 4 is 5.91 Å². The van der Waals surface area contributed by atoms with Gasteiger partial charge in [-0.25, -0.2) is 0 Å². The fourth-order valence-corrected chi connectivity index (χ4v) is 4.76. The molecular formula is C22H31N3O3. The molecule has 1 saturated carbocycles. The van der Waals surface area contributed by atoms with Gasteiger partial charge in [-0.2, -0.15) is 0 Å². The number of hydrogen-bond donors (Lipinski definition) is 0. The first kappa shape index (κ1) is 18.3. The second kappa shape index (κ2) is 7.91. The number of carbonyl (C=O) groups is 1. The third-order valence-electron chi connectivity index (χ3n) is 6.68. The minimum Gasteiger partial charge on any atom is -0.454 e. The highest BCUT2D eigenvalue weighted by molar-refractivity contribution is 5.76. The Morgan fingerprint density at radius 2 is 1.82 bits per heavy atom. The largest absolute Gasteiger partial charge is 0.454 e. The third kappa shape index (κ3) is 4.13. The minimum absolute atomic E-state index is 0.332. The molecule has 0 N–H and O–H groups in total. The maximum Gasteiger partial charge on any atom is 0.231 e. The number of likely N-dealkylation sites (tertiary alicyclic amines) is 1. The van der Waals surface area contributed by atoms with Crippen LogP contribution in [0, 0.1) is 5.92 Å². The lowest BCUT2D eigenvalue weighted by Gasteiger charge is -2.43. The van der Waals surface area contributed by atoms with Gasteiger partial charge in [0.1, 0.15) is 0 Å². The van der Waals surface area contributed by atoms with Crippen LogP contribution in [0.1, 0.15) is 37.7 Å². The van der Waals surface area contributed by atoms with Crippen LogP contribution in [-0.4, -0.2) is 72.7 Å². The molecule has 0 aromatic heterocycles. The minimum atomic E-state index is 0.332. The Balaban J connectivity index is 1.11. The van der Waals surface area contributed by atoms with Gasteiger partial charge in [0.05, 0.1) is 0 Å². The zero-order valence-electron chi connectivity index (χ0n) is 16.6. The van der Waals surface area contributed by atoms with Crippen molar-refractivity contribution in [1.29, 1.82) is 0 Å². The van der Waals surface area contributed by atoms with Crippen molar-refractivity contribution in [3.63, 3.8) is 0 Å². The smallest absolute Gasteiger partial charge is 0.231 e. The van der Waals surface area contributed by atoms with Crippen LogP contribution in [0.2, 0.25) is 0 Å². The van der Waals surface area contributed by atoms with E-state index in [1.54, 1.807) is 0 Å². The molecule has 3 heterocycles. The Bertz CT molecular complexity index is 713. The first-order chi connectivity index (χ1) is 13.7. The summed E-state index contributed by atoms with van der Waals surface area (Å²) < 4.78 is 10.9. The quantitative estimate of drug-likeness (QED) is 0.778. The van der Waals surface area contributed by atoms with E-state index in [0.717, 1.165) is 70.2 Å². The number of nitrogens with zero attached hydrogens (tertiary/aromatic N) is 3. The van der Waals surface area contributed by atoms with E-state index in [2.05, 4.69) is 26.8 Å². The van der Waals surface area contributed by atoms with E-state index in [-0.39, 0.29) is 0 Å². The van der Waals surface area contributed by atoms with E-state index in [1.807, 2.05) is 6.07 Å². The highest BCUT2D eigenvalue weighted by Crippen LogP contribution is 2.34. The monoisotopic (exact) mass is 385 g/mol. The first-order valence-electron chi connectivity index (χ1n) is 10.9. The van der Waals surface area contributed by atoms with Gasteiger partial charge < -0.3 is 14.4 Å². The zero-order valence-corrected chi connectivity index (χ0v) is 16.6. The molecule has 2 saturated heterocycles. The summed E-state index contributed by atoms with van der Waals surface area (Å²) in [5, 5.41) is 0. The average molecular weight is 386 g/mol. The van der Waals surface area contributed by atoms with E-state index < -0.39 is 0 Å². The molecule has 3 aliphatic heterocycles. The molecule has 0 unspecified atom stereocenters. The van der Waals surface area contributed by atoms with Crippen molar-refractivity contribution in [2.45, 2.75) is 44.7 Å². The molecular weight excluding hydrogens is 354 g/mol. The van der Waals surface area contributed by atoms with Crippen LogP contribution >= 0.6 is 0 Å². The Morgan fingerprint density at radius 3 is 2.64 bits per heavy atom. The predicted molar refractivity (Wildman–Crippen MR) is 106 cm³/mol. The van der Waals surface area contributed by atoms with Gasteiger partial charge in [-0.15, -0.1) is 0 Å². The Labute approximate surface area is 167 Å². The number of carbonyl (C=O) groups excluding carboxylic acids is 1. The molecule has 1 amide bonds. The van der Waals surface area contributed by atoms with Crippen LogP contribution in [0.3, 0.4) is 0 Å². The maximum atomic E-state index is 12.5. The molecule has 1 aromatic carbocycles. The molecule has 1 atom stereocenters. The number of benzene rings is 1. The molecule has 1 aromatic rings. The first-order valence-corrected chi connectivity index (χ1v) is 10.9. The highest BCUT2D eigenvalue weighted by atomic mass is 16.7. The van der Waals surface area contributed by atoms with E-state index in [4.69, 9.17) is 9.47 Å². The van der Waals surface area contributed by atoms with Crippen molar-refractivity contribution in [3.05, 3.63) is 23.8 Å². The van der Waals surface area contributed by atoms with E-state index >= 15 is 0 Å². The summed E-state index contributed by atoms with van der Waals surface area (Å²) in [6.45, 7) is 7.56. The third-order valence-corrected chi connectivity index (χ3v) is 6.68. The van der Waals surface area contributed by atoms with E-state index in [0.29, 0.717) is 24.7 Å². The fourth-order valence-electron chi connectivity index (χ4n) is 4.76. The molecule has 5 rings (SSSR count). The molecule has 0 spiro atoms.